The highest BCUT2D eigenvalue weighted by Crippen LogP contribution is 2.50. The van der Waals surface area contributed by atoms with E-state index in [0.29, 0.717) is 45.2 Å². The molecule has 0 bridgehead atoms. The number of amides is 1. The van der Waals surface area contributed by atoms with Gasteiger partial charge in [0.2, 0.25) is 0 Å². The van der Waals surface area contributed by atoms with Crippen LogP contribution in [0.2, 0.25) is 10.2 Å². The first-order valence-electron chi connectivity index (χ1n) is 10.4. The Morgan fingerprint density at radius 1 is 1.23 bits per heavy atom. The van der Waals surface area contributed by atoms with Crippen molar-refractivity contribution in [1.29, 1.82) is 0 Å². The third-order valence-corrected chi connectivity index (χ3v) is 7.13. The summed E-state index contributed by atoms with van der Waals surface area (Å²) in [5.41, 5.74) is -0.0685. The van der Waals surface area contributed by atoms with Crippen molar-refractivity contribution < 1.29 is 28.3 Å². The topological polar surface area (TPSA) is 115 Å². The highest BCUT2D eigenvalue weighted by Gasteiger charge is 2.54. The average molecular weight is 531 g/mol. The van der Waals surface area contributed by atoms with Gasteiger partial charge in [-0.1, -0.05) is 41.4 Å². The van der Waals surface area contributed by atoms with Gasteiger partial charge in [-0.3, -0.25) is 10.1 Å². The fourth-order valence-corrected chi connectivity index (χ4v) is 4.76. The summed E-state index contributed by atoms with van der Waals surface area (Å²) < 4.78 is 20.7. The zero-order valence-electron chi connectivity index (χ0n) is 18.1. The maximum absolute atomic E-state index is 12.5. The number of nitrogens with zero attached hydrogens (tertiary/aromatic N) is 1. The smallest absolute Gasteiger partial charge is 0.412 e. The van der Waals surface area contributed by atoms with Crippen molar-refractivity contribution in [3.8, 4) is 11.8 Å². The van der Waals surface area contributed by atoms with Crippen LogP contribution in [0.3, 0.4) is 0 Å². The number of aliphatic carboxylic acids is 1. The molecule has 1 saturated carbocycles. The first-order chi connectivity index (χ1) is 16.8. The van der Waals surface area contributed by atoms with Crippen molar-refractivity contribution in [2.75, 3.05) is 5.32 Å². The number of furan rings is 2. The molecule has 1 aromatic carbocycles. The van der Waals surface area contributed by atoms with Crippen LogP contribution in [0.15, 0.2) is 45.2 Å². The summed E-state index contributed by atoms with van der Waals surface area (Å²) >= 11 is 13.3. The number of carbonyl (C=O) groups excluding carboxylic acids is 1. The number of hydrogen-bond acceptors (Lipinski definition) is 7. The minimum atomic E-state index is -0.953. The number of nitrogens with one attached hydrogen (secondary N) is 1. The lowest BCUT2D eigenvalue weighted by Crippen LogP contribution is -2.18. The Kier molecular flexibility index (Phi) is 5.97. The van der Waals surface area contributed by atoms with Gasteiger partial charge in [0, 0.05) is 16.7 Å². The van der Waals surface area contributed by atoms with E-state index in [4.69, 9.17) is 36.8 Å². The van der Waals surface area contributed by atoms with Gasteiger partial charge in [-0.05, 0) is 55.3 Å². The lowest BCUT2D eigenvalue weighted by molar-refractivity contribution is -0.140. The van der Waals surface area contributed by atoms with Gasteiger partial charge in [0.25, 0.3) is 5.78 Å². The number of rotatable bonds is 5. The number of halogens is 2. The number of fused-ring (bicyclic) bond motifs is 1. The van der Waals surface area contributed by atoms with Crippen molar-refractivity contribution in [1.82, 2.24) is 4.37 Å². The van der Waals surface area contributed by atoms with Crippen LogP contribution in [0, 0.1) is 11.8 Å². The molecule has 1 aliphatic rings. The van der Waals surface area contributed by atoms with Crippen LogP contribution in [0.5, 0.6) is 0 Å². The van der Waals surface area contributed by atoms with Crippen LogP contribution in [0.1, 0.15) is 47.8 Å². The largest absolute Gasteiger partial charge is 0.480 e. The molecule has 3 aromatic heterocycles. The summed E-state index contributed by atoms with van der Waals surface area (Å²) in [6.45, 7) is 1.70. The van der Waals surface area contributed by atoms with Crippen LogP contribution >= 0.6 is 34.7 Å². The molecule has 2 N–H and O–H groups in total. The molecule has 0 radical (unpaired) electrons. The molecule has 1 amide bonds. The van der Waals surface area contributed by atoms with E-state index >= 15 is 0 Å². The summed E-state index contributed by atoms with van der Waals surface area (Å²) in [5.74, 6) is 5.70. The highest BCUT2D eigenvalue weighted by atomic mass is 35.5. The van der Waals surface area contributed by atoms with Gasteiger partial charge < -0.3 is 18.7 Å². The minimum absolute atomic E-state index is 0.0721. The Morgan fingerprint density at radius 3 is 2.69 bits per heavy atom. The normalized spacial score (nSPS) is 14.7. The zero-order chi connectivity index (χ0) is 24.7. The van der Waals surface area contributed by atoms with E-state index in [1.54, 1.807) is 43.3 Å². The summed E-state index contributed by atoms with van der Waals surface area (Å²) in [6.07, 6.45) is -0.264. The third kappa shape index (κ3) is 4.48. The van der Waals surface area contributed by atoms with Crippen LogP contribution < -0.4 is 5.32 Å². The van der Waals surface area contributed by atoms with Crippen molar-refractivity contribution >= 4 is 63.7 Å². The second-order valence-electron chi connectivity index (χ2n) is 7.97. The summed E-state index contributed by atoms with van der Waals surface area (Å²) in [5, 5.41) is 13.2. The first kappa shape index (κ1) is 23.3. The molecule has 1 fully saturated rings. The van der Waals surface area contributed by atoms with Crippen LogP contribution in [-0.2, 0) is 14.9 Å². The molecule has 4 aromatic rings. The van der Waals surface area contributed by atoms with Crippen LogP contribution in [0.4, 0.5) is 10.5 Å². The Bertz CT molecular complexity index is 1490. The Hall–Kier alpha value is -3.45. The predicted molar refractivity (Wildman–Crippen MR) is 130 cm³/mol. The quantitative estimate of drug-likeness (QED) is 0.278. The zero-order valence-corrected chi connectivity index (χ0v) is 20.4. The number of ether oxygens (including phenoxy) is 1. The number of benzene rings is 1. The van der Waals surface area contributed by atoms with Gasteiger partial charge >= 0.3 is 12.1 Å². The van der Waals surface area contributed by atoms with Crippen LogP contribution in [-0.4, -0.2) is 21.5 Å². The van der Waals surface area contributed by atoms with E-state index in [1.807, 2.05) is 0 Å². The van der Waals surface area contributed by atoms with E-state index in [-0.39, 0.29) is 16.6 Å². The van der Waals surface area contributed by atoms with Crippen molar-refractivity contribution in [3.05, 3.63) is 68.5 Å². The van der Waals surface area contributed by atoms with E-state index < -0.39 is 23.6 Å². The fourth-order valence-electron chi connectivity index (χ4n) is 3.57. The highest BCUT2D eigenvalue weighted by molar-refractivity contribution is 7.07. The monoisotopic (exact) mass is 530 g/mol. The van der Waals surface area contributed by atoms with E-state index in [2.05, 4.69) is 21.5 Å². The average Bonchev–Trinajstić information content (AvgIpc) is 3.25. The SMILES string of the molecule is CC(OC(=O)Nc1c(Cl)nsc1C#Cc1cc2cc(C3(C(=O)O)CC3)oc2o1)c1ccccc1Cl. The molecule has 8 nitrogen and oxygen atoms in total. The number of anilines is 1. The third-order valence-electron chi connectivity index (χ3n) is 5.65. The number of aromatic nitrogens is 1. The number of carboxylic acids is 1. The predicted octanol–water partition coefficient (Wildman–Crippen LogP) is 6.61. The molecular formula is C24H16Cl2N2O6S. The Morgan fingerprint density at radius 2 is 2.00 bits per heavy atom. The minimum Gasteiger partial charge on any atom is -0.480 e. The molecular weight excluding hydrogens is 515 g/mol. The second kappa shape index (κ2) is 8.96. The lowest BCUT2D eigenvalue weighted by atomic mass is 10.0. The number of carboxylic acid groups (broad SMARTS) is 1. The lowest BCUT2D eigenvalue weighted by Gasteiger charge is -2.15. The maximum atomic E-state index is 12.5. The Balaban J connectivity index is 1.30. The van der Waals surface area contributed by atoms with Gasteiger partial charge in [-0.15, -0.1) is 0 Å². The molecule has 11 heteroatoms. The molecule has 1 atom stereocenters. The maximum Gasteiger partial charge on any atom is 0.412 e. The second-order valence-corrected chi connectivity index (χ2v) is 9.51. The van der Waals surface area contributed by atoms with Gasteiger partial charge in [0.15, 0.2) is 10.9 Å². The molecule has 1 aliphatic carbocycles. The fraction of sp³-hybridized carbons (Fsp3) is 0.208. The molecule has 0 aliphatic heterocycles. The molecule has 0 saturated heterocycles. The van der Waals surface area contributed by atoms with E-state index in [0.717, 1.165) is 11.5 Å². The molecule has 5 rings (SSSR count). The van der Waals surface area contributed by atoms with Crippen molar-refractivity contribution in [2.24, 2.45) is 0 Å². The molecule has 178 valence electrons. The molecule has 3 heterocycles. The number of carbonyl (C=O) groups is 2. The van der Waals surface area contributed by atoms with E-state index in [9.17, 15) is 14.7 Å². The van der Waals surface area contributed by atoms with Gasteiger partial charge in [-0.2, -0.15) is 4.37 Å². The van der Waals surface area contributed by atoms with Crippen LogP contribution in [0.25, 0.3) is 11.2 Å². The Labute approximate surface area is 212 Å². The standard InChI is InChI=1S/C24H16Cl2N2O6S/c1-12(15-4-2-3-5-16(15)25)32-23(31)27-19-17(35-28-20(19)26)7-6-14-10-13-11-18(34-21(13)33-14)24(8-9-24)22(29)30/h2-5,10-12H,8-9H2,1H3,(H,27,31)(H,29,30). The molecule has 0 spiro atoms. The summed E-state index contributed by atoms with van der Waals surface area (Å²) in [7, 11) is 0. The first-order valence-corrected chi connectivity index (χ1v) is 12.0. The van der Waals surface area contributed by atoms with Crippen molar-refractivity contribution in [2.45, 2.75) is 31.3 Å². The molecule has 1 unspecified atom stereocenters. The van der Waals surface area contributed by atoms with Gasteiger partial charge in [0.1, 0.15) is 27.8 Å². The van der Waals surface area contributed by atoms with Gasteiger partial charge in [0.05, 0.1) is 5.39 Å². The summed E-state index contributed by atoms with van der Waals surface area (Å²) in [4.78, 5) is 24.3. The molecule has 35 heavy (non-hydrogen) atoms. The van der Waals surface area contributed by atoms with Gasteiger partial charge in [-0.25, -0.2) is 4.79 Å². The van der Waals surface area contributed by atoms with Crippen molar-refractivity contribution in [3.63, 3.8) is 0 Å². The summed E-state index contributed by atoms with van der Waals surface area (Å²) in [6, 6.07) is 10.4. The number of hydrogen-bond donors (Lipinski definition) is 2. The van der Waals surface area contributed by atoms with E-state index in [1.165, 1.54) is 0 Å².